The third-order valence-corrected chi connectivity index (χ3v) is 2.90. The number of carbonyl (C=O) groups excluding carboxylic acids is 1. The lowest BCUT2D eigenvalue weighted by molar-refractivity contribution is -0.121. The van der Waals surface area contributed by atoms with Gasteiger partial charge in [0.25, 0.3) is 0 Å². The second-order valence-corrected chi connectivity index (χ2v) is 4.45. The van der Waals surface area contributed by atoms with Crippen molar-refractivity contribution in [3.8, 4) is 5.75 Å². The van der Waals surface area contributed by atoms with Gasteiger partial charge in [0.1, 0.15) is 11.6 Å². The van der Waals surface area contributed by atoms with Crippen molar-refractivity contribution >= 4 is 16.9 Å². The van der Waals surface area contributed by atoms with Crippen LogP contribution in [-0.4, -0.2) is 35.6 Å². The molecule has 0 saturated heterocycles. The number of benzene rings is 1. The second-order valence-electron chi connectivity index (χ2n) is 4.45. The van der Waals surface area contributed by atoms with Gasteiger partial charge in [-0.1, -0.05) is 6.92 Å². The summed E-state index contributed by atoms with van der Waals surface area (Å²) < 4.78 is 5.57. The van der Waals surface area contributed by atoms with E-state index in [1.54, 1.807) is 0 Å². The van der Waals surface area contributed by atoms with E-state index < -0.39 is 0 Å². The number of aromatic amines is 1. The van der Waals surface area contributed by atoms with Crippen LogP contribution in [0.2, 0.25) is 0 Å². The number of aryl methyl sites for hydroxylation is 1. The smallest absolute Gasteiger partial charge is 0.223 e. The Bertz CT molecular complexity index is 580. The Balaban J connectivity index is 1.88. The van der Waals surface area contributed by atoms with Crippen molar-refractivity contribution in [1.29, 1.82) is 0 Å². The predicted molar refractivity (Wildman–Crippen MR) is 77.6 cm³/mol. The molecule has 0 unspecified atom stereocenters. The van der Waals surface area contributed by atoms with E-state index in [0.29, 0.717) is 26.1 Å². The Morgan fingerprint density at radius 3 is 3.10 bits per heavy atom. The summed E-state index contributed by atoms with van der Waals surface area (Å²) in [6.45, 7) is 3.34. The molecule has 0 atom stereocenters. The minimum atomic E-state index is -0.0497. The molecule has 0 saturated carbocycles. The highest BCUT2D eigenvalue weighted by molar-refractivity contribution is 5.77. The molecular formula is C14H20N4O2. The van der Waals surface area contributed by atoms with Crippen molar-refractivity contribution in [3.05, 3.63) is 24.0 Å². The number of imidazole rings is 1. The van der Waals surface area contributed by atoms with Gasteiger partial charge in [-0.25, -0.2) is 4.98 Å². The van der Waals surface area contributed by atoms with Crippen LogP contribution in [0.1, 0.15) is 19.2 Å². The maximum Gasteiger partial charge on any atom is 0.223 e. The molecule has 1 aromatic heterocycles. The lowest BCUT2D eigenvalue weighted by Gasteiger charge is -2.06. The molecule has 0 aliphatic heterocycles. The van der Waals surface area contributed by atoms with Crippen molar-refractivity contribution in [3.63, 3.8) is 0 Å². The summed E-state index contributed by atoms with van der Waals surface area (Å²) >= 11 is 0. The van der Waals surface area contributed by atoms with Crippen molar-refractivity contribution in [1.82, 2.24) is 15.3 Å². The molecule has 0 spiro atoms. The highest BCUT2D eigenvalue weighted by Gasteiger charge is 2.04. The normalized spacial score (nSPS) is 10.7. The Morgan fingerprint density at radius 2 is 2.35 bits per heavy atom. The standard InChI is InChI=1S/C14H20N4O2/c1-2-13-17-11-4-3-10(9-12(11)18-13)20-8-5-14(19)16-7-6-15/h3-4,9H,2,5-8,15H2,1H3,(H,16,19)(H,17,18). The molecule has 2 aromatic rings. The van der Waals surface area contributed by atoms with E-state index in [4.69, 9.17) is 10.5 Å². The topological polar surface area (TPSA) is 93.0 Å². The summed E-state index contributed by atoms with van der Waals surface area (Å²) in [6, 6.07) is 5.68. The number of amides is 1. The molecule has 1 amide bonds. The monoisotopic (exact) mass is 276 g/mol. The fourth-order valence-corrected chi connectivity index (χ4v) is 1.86. The largest absolute Gasteiger partial charge is 0.493 e. The minimum Gasteiger partial charge on any atom is -0.493 e. The Morgan fingerprint density at radius 1 is 1.50 bits per heavy atom. The average molecular weight is 276 g/mol. The molecule has 1 heterocycles. The number of hydrogen-bond acceptors (Lipinski definition) is 4. The Hall–Kier alpha value is -2.08. The fraction of sp³-hybridized carbons (Fsp3) is 0.429. The second kappa shape index (κ2) is 6.91. The number of H-pyrrole nitrogens is 1. The molecule has 108 valence electrons. The maximum atomic E-state index is 11.4. The van der Waals surface area contributed by atoms with Gasteiger partial charge in [0.2, 0.25) is 5.91 Å². The maximum absolute atomic E-state index is 11.4. The van der Waals surface area contributed by atoms with Crippen molar-refractivity contribution in [2.45, 2.75) is 19.8 Å². The molecule has 0 aliphatic rings. The Labute approximate surface area is 117 Å². The number of aromatic nitrogens is 2. The molecule has 20 heavy (non-hydrogen) atoms. The van der Waals surface area contributed by atoms with Gasteiger partial charge in [-0.3, -0.25) is 4.79 Å². The van der Waals surface area contributed by atoms with Crippen LogP contribution in [0.5, 0.6) is 5.75 Å². The van der Waals surface area contributed by atoms with Gasteiger partial charge in [0.05, 0.1) is 24.1 Å². The first-order valence-electron chi connectivity index (χ1n) is 6.81. The summed E-state index contributed by atoms with van der Waals surface area (Å²) in [5, 5.41) is 2.70. The van der Waals surface area contributed by atoms with Crippen LogP contribution in [0.15, 0.2) is 18.2 Å². The van der Waals surface area contributed by atoms with Gasteiger partial charge in [0.15, 0.2) is 0 Å². The van der Waals surface area contributed by atoms with Gasteiger partial charge in [-0.15, -0.1) is 0 Å². The average Bonchev–Trinajstić information content (AvgIpc) is 2.87. The van der Waals surface area contributed by atoms with Gasteiger partial charge in [-0.05, 0) is 12.1 Å². The molecular weight excluding hydrogens is 256 g/mol. The van der Waals surface area contributed by atoms with E-state index in [1.807, 2.05) is 18.2 Å². The molecule has 0 fully saturated rings. The highest BCUT2D eigenvalue weighted by atomic mass is 16.5. The number of nitrogens with one attached hydrogen (secondary N) is 2. The van der Waals surface area contributed by atoms with Crippen molar-refractivity contribution < 1.29 is 9.53 Å². The van der Waals surface area contributed by atoms with E-state index in [2.05, 4.69) is 22.2 Å². The third-order valence-electron chi connectivity index (χ3n) is 2.90. The van der Waals surface area contributed by atoms with Crippen molar-refractivity contribution in [2.75, 3.05) is 19.7 Å². The molecule has 0 bridgehead atoms. The summed E-state index contributed by atoms with van der Waals surface area (Å²) in [5.74, 6) is 1.64. The summed E-state index contributed by atoms with van der Waals surface area (Å²) in [6.07, 6.45) is 1.19. The first kappa shape index (κ1) is 14.3. The van der Waals surface area contributed by atoms with Crippen LogP contribution in [0, 0.1) is 0 Å². The van der Waals surface area contributed by atoms with Crippen LogP contribution in [0.3, 0.4) is 0 Å². The summed E-state index contributed by atoms with van der Waals surface area (Å²) in [5.41, 5.74) is 7.18. The van der Waals surface area contributed by atoms with Crippen LogP contribution in [-0.2, 0) is 11.2 Å². The van der Waals surface area contributed by atoms with E-state index >= 15 is 0 Å². The SMILES string of the molecule is CCc1nc2ccc(OCCC(=O)NCCN)cc2[nH]1. The molecule has 0 radical (unpaired) electrons. The number of nitrogens with zero attached hydrogens (tertiary/aromatic N) is 1. The number of hydrogen-bond donors (Lipinski definition) is 3. The van der Waals surface area contributed by atoms with Gasteiger partial charge < -0.3 is 20.8 Å². The van der Waals surface area contributed by atoms with E-state index in [1.165, 1.54) is 0 Å². The van der Waals surface area contributed by atoms with Crippen LogP contribution >= 0.6 is 0 Å². The van der Waals surface area contributed by atoms with Gasteiger partial charge in [0, 0.05) is 25.6 Å². The van der Waals surface area contributed by atoms with Crippen LogP contribution in [0.25, 0.3) is 11.0 Å². The molecule has 6 heteroatoms. The molecule has 4 N–H and O–H groups in total. The lowest BCUT2D eigenvalue weighted by Crippen LogP contribution is -2.29. The molecule has 1 aromatic carbocycles. The predicted octanol–water partition coefficient (Wildman–Crippen LogP) is 0.969. The number of ether oxygens (including phenoxy) is 1. The van der Waals surface area contributed by atoms with Crippen molar-refractivity contribution in [2.24, 2.45) is 5.73 Å². The zero-order valence-electron chi connectivity index (χ0n) is 11.6. The molecule has 6 nitrogen and oxygen atoms in total. The highest BCUT2D eigenvalue weighted by Crippen LogP contribution is 2.19. The summed E-state index contributed by atoms with van der Waals surface area (Å²) in [7, 11) is 0. The lowest BCUT2D eigenvalue weighted by atomic mass is 10.3. The van der Waals surface area contributed by atoms with Gasteiger partial charge >= 0.3 is 0 Å². The number of fused-ring (bicyclic) bond motifs is 1. The molecule has 0 aliphatic carbocycles. The fourth-order valence-electron chi connectivity index (χ4n) is 1.86. The van der Waals surface area contributed by atoms with Gasteiger partial charge in [-0.2, -0.15) is 0 Å². The molecule has 2 rings (SSSR count). The number of rotatable bonds is 7. The number of carbonyl (C=O) groups is 1. The van der Waals surface area contributed by atoms with E-state index in [-0.39, 0.29) is 5.91 Å². The first-order chi connectivity index (χ1) is 9.72. The zero-order valence-corrected chi connectivity index (χ0v) is 11.6. The third kappa shape index (κ3) is 3.71. The Kier molecular flexibility index (Phi) is 4.95. The van der Waals surface area contributed by atoms with Crippen LogP contribution in [0.4, 0.5) is 0 Å². The number of nitrogens with two attached hydrogens (primary N) is 1. The zero-order chi connectivity index (χ0) is 14.4. The van der Waals surface area contributed by atoms with E-state index in [9.17, 15) is 4.79 Å². The van der Waals surface area contributed by atoms with E-state index in [0.717, 1.165) is 29.0 Å². The summed E-state index contributed by atoms with van der Waals surface area (Å²) in [4.78, 5) is 19.0. The first-order valence-corrected chi connectivity index (χ1v) is 6.81. The minimum absolute atomic E-state index is 0.0497. The van der Waals surface area contributed by atoms with Crippen LogP contribution < -0.4 is 15.8 Å². The quantitative estimate of drug-likeness (QED) is 0.702.